The molecule has 1 fully saturated rings. The Labute approximate surface area is 205 Å². The maximum Gasteiger partial charge on any atom is 0.248 e. The minimum absolute atomic E-state index is 0.229. The molecule has 0 bridgehead atoms. The Kier molecular flexibility index (Phi) is 7.98. The van der Waals surface area contributed by atoms with Crippen molar-refractivity contribution in [2.45, 2.75) is 12.8 Å². The van der Waals surface area contributed by atoms with Crippen LogP contribution in [0.2, 0.25) is 0 Å². The second-order valence-corrected chi connectivity index (χ2v) is 8.16. The lowest BCUT2D eigenvalue weighted by molar-refractivity contribution is -0.112. The van der Waals surface area contributed by atoms with Crippen molar-refractivity contribution in [2.75, 3.05) is 44.0 Å². The summed E-state index contributed by atoms with van der Waals surface area (Å²) in [4.78, 5) is 17.3. The van der Waals surface area contributed by atoms with Gasteiger partial charge in [-0.25, -0.2) is 0 Å². The standard InChI is InChI=1S/C26H26BN5O3/c1-34-9-10-35-24-14-22-21(13-23(24)32-25(33)11-17-5-7-29-8-6-17)26(18(15-28)16-30-22)31-20-4-2-3-19(27)12-20/h2-4,11-14,16,29H,5-10H2,1H3,(H,30,31)(H,32,33). The van der Waals surface area contributed by atoms with Crippen molar-refractivity contribution in [2.24, 2.45) is 0 Å². The number of amides is 1. The predicted octanol–water partition coefficient (Wildman–Crippen LogP) is 2.92. The summed E-state index contributed by atoms with van der Waals surface area (Å²) in [6.45, 7) is 2.43. The Bertz CT molecular complexity index is 1290. The molecule has 176 valence electrons. The number of benzene rings is 2. The molecule has 2 aromatic carbocycles. The van der Waals surface area contributed by atoms with E-state index in [0.717, 1.165) is 37.2 Å². The number of rotatable bonds is 8. The van der Waals surface area contributed by atoms with Crippen LogP contribution < -0.4 is 26.2 Å². The lowest BCUT2D eigenvalue weighted by Crippen LogP contribution is -2.24. The van der Waals surface area contributed by atoms with Crippen LogP contribution in [-0.4, -0.2) is 52.2 Å². The largest absolute Gasteiger partial charge is 0.489 e. The van der Waals surface area contributed by atoms with E-state index in [1.165, 1.54) is 6.20 Å². The number of methoxy groups -OCH3 is 1. The number of nitrogens with one attached hydrogen (secondary N) is 3. The number of fused-ring (bicyclic) bond motifs is 1. The molecule has 0 spiro atoms. The van der Waals surface area contributed by atoms with Gasteiger partial charge >= 0.3 is 0 Å². The molecule has 1 aliphatic rings. The van der Waals surface area contributed by atoms with Crippen LogP contribution in [0.1, 0.15) is 18.4 Å². The first-order valence-corrected chi connectivity index (χ1v) is 11.4. The summed E-state index contributed by atoms with van der Waals surface area (Å²) >= 11 is 0. The molecular weight excluding hydrogens is 441 g/mol. The van der Waals surface area contributed by atoms with E-state index in [-0.39, 0.29) is 5.91 Å². The van der Waals surface area contributed by atoms with Gasteiger partial charge in [-0.15, -0.1) is 0 Å². The first-order chi connectivity index (χ1) is 17.1. The normalized spacial score (nSPS) is 13.2. The molecule has 1 aromatic heterocycles. The van der Waals surface area contributed by atoms with Crippen LogP contribution in [0.25, 0.3) is 10.9 Å². The van der Waals surface area contributed by atoms with Gasteiger partial charge in [-0.2, -0.15) is 5.26 Å². The number of aromatic nitrogens is 1. The van der Waals surface area contributed by atoms with Crippen LogP contribution in [0.15, 0.2) is 54.2 Å². The van der Waals surface area contributed by atoms with E-state index in [1.54, 1.807) is 37.5 Å². The van der Waals surface area contributed by atoms with Gasteiger partial charge in [0.2, 0.25) is 5.91 Å². The number of nitriles is 1. The molecule has 9 heteroatoms. The van der Waals surface area contributed by atoms with Crippen LogP contribution in [0.4, 0.5) is 17.1 Å². The molecule has 1 aliphatic heterocycles. The number of ether oxygens (including phenoxy) is 2. The van der Waals surface area contributed by atoms with Gasteiger partial charge in [-0.05, 0) is 44.1 Å². The van der Waals surface area contributed by atoms with Crippen LogP contribution >= 0.6 is 0 Å². The number of carbonyl (C=O) groups excluding carboxylic acids is 1. The van der Waals surface area contributed by atoms with Crippen molar-refractivity contribution < 1.29 is 14.3 Å². The molecule has 1 saturated heterocycles. The molecule has 0 saturated carbocycles. The molecule has 0 aliphatic carbocycles. The highest BCUT2D eigenvalue weighted by molar-refractivity contribution is 6.32. The summed E-state index contributed by atoms with van der Waals surface area (Å²) in [5, 5.41) is 19.9. The fourth-order valence-electron chi connectivity index (χ4n) is 3.90. The second-order valence-electron chi connectivity index (χ2n) is 8.16. The Morgan fingerprint density at radius 3 is 2.83 bits per heavy atom. The Morgan fingerprint density at radius 2 is 2.09 bits per heavy atom. The average molecular weight is 467 g/mol. The van der Waals surface area contributed by atoms with Crippen molar-refractivity contribution in [3.63, 3.8) is 0 Å². The molecule has 1 amide bonds. The van der Waals surface area contributed by atoms with E-state index < -0.39 is 0 Å². The van der Waals surface area contributed by atoms with Gasteiger partial charge in [0.1, 0.15) is 26.3 Å². The smallest absolute Gasteiger partial charge is 0.248 e. The quantitative estimate of drug-likeness (QED) is 0.266. The number of piperidine rings is 1. The lowest BCUT2D eigenvalue weighted by Gasteiger charge is -2.17. The molecule has 0 atom stereocenters. The fraction of sp³-hybridized carbons (Fsp3) is 0.269. The monoisotopic (exact) mass is 467 g/mol. The van der Waals surface area contributed by atoms with Crippen molar-refractivity contribution in [3.8, 4) is 11.8 Å². The summed E-state index contributed by atoms with van der Waals surface area (Å²) in [5.74, 6) is 0.242. The fourth-order valence-corrected chi connectivity index (χ4v) is 3.90. The van der Waals surface area contributed by atoms with Crippen molar-refractivity contribution >= 4 is 47.2 Å². The van der Waals surface area contributed by atoms with Crippen LogP contribution in [0, 0.1) is 11.3 Å². The van der Waals surface area contributed by atoms with Gasteiger partial charge in [0.15, 0.2) is 0 Å². The summed E-state index contributed by atoms with van der Waals surface area (Å²) in [6, 6.07) is 13.0. The van der Waals surface area contributed by atoms with E-state index in [2.05, 4.69) is 27.0 Å². The molecule has 3 aromatic rings. The first-order valence-electron chi connectivity index (χ1n) is 11.4. The van der Waals surface area contributed by atoms with Crippen molar-refractivity contribution in [1.29, 1.82) is 5.26 Å². The van der Waals surface area contributed by atoms with Crippen molar-refractivity contribution in [3.05, 3.63) is 59.8 Å². The van der Waals surface area contributed by atoms with Gasteiger partial charge in [-0.3, -0.25) is 9.78 Å². The van der Waals surface area contributed by atoms with Crippen LogP contribution in [0.3, 0.4) is 0 Å². The van der Waals surface area contributed by atoms with E-state index in [4.69, 9.17) is 17.3 Å². The van der Waals surface area contributed by atoms with E-state index in [0.29, 0.717) is 52.3 Å². The number of carbonyl (C=O) groups is 1. The number of nitrogens with zero attached hydrogens (tertiary/aromatic N) is 2. The Balaban J connectivity index is 1.75. The summed E-state index contributed by atoms with van der Waals surface area (Å²) in [5.41, 5.74) is 4.45. The Hall–Kier alpha value is -3.87. The molecule has 4 rings (SSSR count). The predicted molar refractivity (Wildman–Crippen MR) is 138 cm³/mol. The number of pyridine rings is 1. The van der Waals surface area contributed by atoms with Gasteiger partial charge in [-0.1, -0.05) is 23.2 Å². The average Bonchev–Trinajstić information content (AvgIpc) is 2.85. The van der Waals surface area contributed by atoms with E-state index in [1.807, 2.05) is 12.1 Å². The van der Waals surface area contributed by atoms with Crippen molar-refractivity contribution in [1.82, 2.24) is 10.3 Å². The Morgan fingerprint density at radius 1 is 1.26 bits per heavy atom. The molecule has 2 radical (unpaired) electrons. The first kappa shape index (κ1) is 24.3. The zero-order chi connectivity index (χ0) is 24.6. The number of hydrogen-bond acceptors (Lipinski definition) is 7. The SMILES string of the molecule is [B]c1cccc(Nc2c(C#N)cnc3cc(OCCOC)c(NC(=O)C=C4CCNCC4)cc23)c1. The number of hydrogen-bond donors (Lipinski definition) is 3. The van der Waals surface area contributed by atoms with Crippen LogP contribution in [-0.2, 0) is 9.53 Å². The topological polar surface area (TPSA) is 108 Å². The molecule has 35 heavy (non-hydrogen) atoms. The highest BCUT2D eigenvalue weighted by Gasteiger charge is 2.16. The molecule has 3 N–H and O–H groups in total. The zero-order valence-corrected chi connectivity index (χ0v) is 19.6. The summed E-state index contributed by atoms with van der Waals surface area (Å²) in [7, 11) is 7.52. The maximum absolute atomic E-state index is 12.8. The lowest BCUT2D eigenvalue weighted by atomic mass is 9.96. The van der Waals surface area contributed by atoms with Gasteiger partial charge in [0.05, 0.1) is 29.1 Å². The molecule has 8 nitrogen and oxygen atoms in total. The third-order valence-electron chi connectivity index (χ3n) is 5.63. The van der Waals surface area contributed by atoms with Gasteiger partial charge in [0, 0.05) is 36.5 Å². The number of anilines is 3. The maximum atomic E-state index is 12.8. The molecule has 2 heterocycles. The van der Waals surface area contributed by atoms with E-state index >= 15 is 0 Å². The minimum atomic E-state index is -0.229. The third kappa shape index (κ3) is 6.18. The second kappa shape index (κ2) is 11.5. The third-order valence-corrected chi connectivity index (χ3v) is 5.63. The highest BCUT2D eigenvalue weighted by Crippen LogP contribution is 2.36. The molecule has 0 unspecified atom stereocenters. The minimum Gasteiger partial charge on any atom is -0.489 e. The van der Waals surface area contributed by atoms with E-state index in [9.17, 15) is 10.1 Å². The van der Waals surface area contributed by atoms with Gasteiger partial charge in [0.25, 0.3) is 0 Å². The van der Waals surface area contributed by atoms with Gasteiger partial charge < -0.3 is 25.4 Å². The highest BCUT2D eigenvalue weighted by atomic mass is 16.5. The summed E-state index contributed by atoms with van der Waals surface area (Å²) < 4.78 is 11.0. The zero-order valence-electron chi connectivity index (χ0n) is 19.6. The molecular formula is C26H26BN5O3. The van der Waals surface area contributed by atoms with Crippen LogP contribution in [0.5, 0.6) is 5.75 Å². The summed E-state index contributed by atoms with van der Waals surface area (Å²) in [6.07, 6.45) is 4.84.